The highest BCUT2D eigenvalue weighted by molar-refractivity contribution is 5.43. The largest absolute Gasteiger partial charge is 0.486 e. The minimum Gasteiger partial charge on any atom is -0.486 e. The molecule has 1 aromatic carbocycles. The summed E-state index contributed by atoms with van der Waals surface area (Å²) in [6, 6.07) is 6.10. The minimum absolute atomic E-state index is 0.448. The highest BCUT2D eigenvalue weighted by Crippen LogP contribution is 2.31. The molecule has 3 rings (SSSR count). The molecule has 0 fully saturated rings. The van der Waals surface area contributed by atoms with Crippen LogP contribution < -0.4 is 15.2 Å². The van der Waals surface area contributed by atoms with E-state index in [2.05, 4.69) is 22.1 Å². The van der Waals surface area contributed by atoms with Crippen molar-refractivity contribution >= 4 is 0 Å². The SMILES string of the molecule is NCc1ncc(CCc2ccc3c(c2)OCCO3)[nH]1. The molecule has 0 atom stereocenters. The number of aromatic nitrogens is 2. The summed E-state index contributed by atoms with van der Waals surface area (Å²) in [6.07, 6.45) is 3.69. The average molecular weight is 259 g/mol. The zero-order chi connectivity index (χ0) is 13.1. The van der Waals surface area contributed by atoms with Crippen LogP contribution >= 0.6 is 0 Å². The maximum Gasteiger partial charge on any atom is 0.161 e. The first-order valence-electron chi connectivity index (χ1n) is 6.46. The van der Waals surface area contributed by atoms with Crippen LogP contribution in [-0.2, 0) is 19.4 Å². The van der Waals surface area contributed by atoms with Crippen LogP contribution in [0.1, 0.15) is 17.1 Å². The number of benzene rings is 1. The molecule has 0 saturated carbocycles. The van der Waals surface area contributed by atoms with Gasteiger partial charge >= 0.3 is 0 Å². The van der Waals surface area contributed by atoms with Gasteiger partial charge in [-0.2, -0.15) is 0 Å². The van der Waals surface area contributed by atoms with Gasteiger partial charge in [-0.05, 0) is 30.5 Å². The second-order valence-electron chi connectivity index (χ2n) is 4.54. The Labute approximate surface area is 111 Å². The predicted octanol–water partition coefficient (Wildman–Crippen LogP) is 1.42. The summed E-state index contributed by atoms with van der Waals surface area (Å²) in [5.41, 5.74) is 7.86. The fraction of sp³-hybridized carbons (Fsp3) is 0.357. The first-order valence-corrected chi connectivity index (χ1v) is 6.46. The third-order valence-electron chi connectivity index (χ3n) is 3.16. The molecule has 0 bridgehead atoms. The quantitative estimate of drug-likeness (QED) is 0.871. The van der Waals surface area contributed by atoms with Crippen molar-refractivity contribution in [1.29, 1.82) is 0 Å². The van der Waals surface area contributed by atoms with E-state index in [1.54, 1.807) is 0 Å². The lowest BCUT2D eigenvalue weighted by Gasteiger charge is -2.18. The highest BCUT2D eigenvalue weighted by Gasteiger charge is 2.11. The Kier molecular flexibility index (Phi) is 3.37. The second-order valence-corrected chi connectivity index (χ2v) is 4.54. The van der Waals surface area contributed by atoms with Gasteiger partial charge in [0.05, 0.1) is 6.54 Å². The van der Waals surface area contributed by atoms with E-state index in [-0.39, 0.29) is 0 Å². The molecular weight excluding hydrogens is 242 g/mol. The van der Waals surface area contributed by atoms with Crippen LogP contribution in [0.5, 0.6) is 11.5 Å². The molecule has 5 nitrogen and oxygen atoms in total. The summed E-state index contributed by atoms with van der Waals surface area (Å²) in [4.78, 5) is 7.40. The van der Waals surface area contributed by atoms with Crippen molar-refractivity contribution in [2.45, 2.75) is 19.4 Å². The monoisotopic (exact) mass is 259 g/mol. The molecule has 2 aromatic rings. The zero-order valence-electron chi connectivity index (χ0n) is 10.7. The lowest BCUT2D eigenvalue weighted by Crippen LogP contribution is -2.15. The van der Waals surface area contributed by atoms with Crippen LogP contribution in [0.2, 0.25) is 0 Å². The van der Waals surface area contributed by atoms with Gasteiger partial charge in [-0.25, -0.2) is 4.98 Å². The molecule has 1 aliphatic rings. The first-order chi connectivity index (χ1) is 9.35. The molecule has 19 heavy (non-hydrogen) atoms. The molecule has 0 saturated heterocycles. The van der Waals surface area contributed by atoms with Gasteiger partial charge in [0, 0.05) is 11.9 Å². The molecule has 0 amide bonds. The summed E-state index contributed by atoms with van der Waals surface area (Å²) < 4.78 is 11.1. The van der Waals surface area contributed by atoms with Crippen LogP contribution in [0, 0.1) is 0 Å². The number of rotatable bonds is 4. The number of hydrogen-bond donors (Lipinski definition) is 2. The van der Waals surface area contributed by atoms with Crippen molar-refractivity contribution in [3.8, 4) is 11.5 Å². The number of nitrogens with zero attached hydrogens (tertiary/aromatic N) is 1. The summed E-state index contributed by atoms with van der Waals surface area (Å²) >= 11 is 0. The van der Waals surface area contributed by atoms with Gasteiger partial charge in [0.15, 0.2) is 11.5 Å². The van der Waals surface area contributed by atoms with Crippen molar-refractivity contribution in [2.24, 2.45) is 5.73 Å². The molecule has 100 valence electrons. The Balaban J connectivity index is 1.66. The Bertz CT molecular complexity index is 566. The minimum atomic E-state index is 0.448. The van der Waals surface area contributed by atoms with E-state index in [0.29, 0.717) is 19.8 Å². The van der Waals surface area contributed by atoms with Crippen LogP contribution in [0.25, 0.3) is 0 Å². The lowest BCUT2D eigenvalue weighted by atomic mass is 10.1. The second kappa shape index (κ2) is 5.32. The Morgan fingerprint density at radius 2 is 2.00 bits per heavy atom. The molecular formula is C14H17N3O2. The van der Waals surface area contributed by atoms with Crippen LogP contribution in [0.4, 0.5) is 0 Å². The van der Waals surface area contributed by atoms with Crippen molar-refractivity contribution < 1.29 is 9.47 Å². The fourth-order valence-corrected chi connectivity index (χ4v) is 2.16. The molecule has 0 spiro atoms. The van der Waals surface area contributed by atoms with Crippen LogP contribution in [-0.4, -0.2) is 23.2 Å². The molecule has 2 heterocycles. The third-order valence-corrected chi connectivity index (χ3v) is 3.16. The molecule has 0 aliphatic carbocycles. The first kappa shape index (κ1) is 12.0. The standard InChI is InChI=1S/C14H17N3O2/c15-8-14-16-9-11(17-14)3-1-10-2-4-12-13(7-10)19-6-5-18-12/h2,4,7,9H,1,3,5-6,8,15H2,(H,16,17). The summed E-state index contributed by atoms with van der Waals surface area (Å²) in [5.74, 6) is 2.51. The number of fused-ring (bicyclic) bond motifs is 1. The van der Waals surface area contributed by atoms with E-state index < -0.39 is 0 Å². The van der Waals surface area contributed by atoms with E-state index in [0.717, 1.165) is 35.9 Å². The van der Waals surface area contributed by atoms with Crippen LogP contribution in [0.15, 0.2) is 24.4 Å². The fourth-order valence-electron chi connectivity index (χ4n) is 2.16. The van der Waals surface area contributed by atoms with Crippen molar-refractivity contribution in [2.75, 3.05) is 13.2 Å². The van der Waals surface area contributed by atoms with Crippen molar-refractivity contribution in [3.05, 3.63) is 41.5 Å². The van der Waals surface area contributed by atoms with Crippen LogP contribution in [0.3, 0.4) is 0 Å². The number of H-pyrrole nitrogens is 1. The number of ether oxygens (including phenoxy) is 2. The predicted molar refractivity (Wildman–Crippen MR) is 71.3 cm³/mol. The van der Waals surface area contributed by atoms with Gasteiger partial charge in [0.2, 0.25) is 0 Å². The van der Waals surface area contributed by atoms with Gasteiger partial charge in [0.1, 0.15) is 19.0 Å². The lowest BCUT2D eigenvalue weighted by molar-refractivity contribution is 0.171. The molecule has 5 heteroatoms. The summed E-state index contributed by atoms with van der Waals surface area (Å²) in [7, 11) is 0. The van der Waals surface area contributed by atoms with Gasteiger partial charge in [-0.1, -0.05) is 6.07 Å². The summed E-state index contributed by atoms with van der Waals surface area (Å²) in [5, 5.41) is 0. The smallest absolute Gasteiger partial charge is 0.161 e. The Hall–Kier alpha value is -2.01. The number of nitrogens with two attached hydrogens (primary N) is 1. The van der Waals surface area contributed by atoms with Gasteiger partial charge in [-0.15, -0.1) is 0 Å². The number of hydrogen-bond acceptors (Lipinski definition) is 4. The van der Waals surface area contributed by atoms with E-state index in [9.17, 15) is 0 Å². The molecule has 1 aromatic heterocycles. The van der Waals surface area contributed by atoms with Gasteiger partial charge in [-0.3, -0.25) is 0 Å². The molecule has 0 unspecified atom stereocenters. The number of aromatic amines is 1. The highest BCUT2D eigenvalue weighted by atomic mass is 16.6. The average Bonchev–Trinajstić information content (AvgIpc) is 2.93. The molecule has 1 aliphatic heterocycles. The number of nitrogens with one attached hydrogen (secondary N) is 1. The molecule has 0 radical (unpaired) electrons. The van der Waals surface area contributed by atoms with Crippen molar-refractivity contribution in [1.82, 2.24) is 9.97 Å². The van der Waals surface area contributed by atoms with Gasteiger partial charge < -0.3 is 20.2 Å². The third kappa shape index (κ3) is 2.71. The van der Waals surface area contributed by atoms with Gasteiger partial charge in [0.25, 0.3) is 0 Å². The summed E-state index contributed by atoms with van der Waals surface area (Å²) in [6.45, 7) is 1.70. The number of aryl methyl sites for hydroxylation is 2. The van der Waals surface area contributed by atoms with E-state index in [1.807, 2.05) is 12.3 Å². The Morgan fingerprint density at radius 3 is 2.79 bits per heavy atom. The van der Waals surface area contributed by atoms with E-state index in [1.165, 1.54) is 5.56 Å². The van der Waals surface area contributed by atoms with E-state index in [4.69, 9.17) is 15.2 Å². The Morgan fingerprint density at radius 1 is 1.16 bits per heavy atom. The topological polar surface area (TPSA) is 73.2 Å². The molecule has 3 N–H and O–H groups in total. The number of imidazole rings is 1. The maximum atomic E-state index is 5.58. The van der Waals surface area contributed by atoms with Crippen molar-refractivity contribution in [3.63, 3.8) is 0 Å². The maximum absolute atomic E-state index is 5.58. The zero-order valence-corrected chi connectivity index (χ0v) is 10.7. The normalized spacial score (nSPS) is 13.5. The van der Waals surface area contributed by atoms with E-state index >= 15 is 0 Å².